The van der Waals surface area contributed by atoms with Gasteiger partial charge in [0.15, 0.2) is 0 Å². The molecule has 1 aromatic rings. The second-order valence-electron chi connectivity index (χ2n) is 5.59. The van der Waals surface area contributed by atoms with E-state index in [1.807, 2.05) is 19.1 Å². The van der Waals surface area contributed by atoms with E-state index in [1.54, 1.807) is 6.07 Å². The lowest BCUT2D eigenvalue weighted by Crippen LogP contribution is -2.27. The van der Waals surface area contributed by atoms with Crippen molar-refractivity contribution in [1.29, 1.82) is 0 Å². The number of rotatable bonds is 6. The summed E-state index contributed by atoms with van der Waals surface area (Å²) in [4.78, 5) is 0.425. The van der Waals surface area contributed by atoms with E-state index in [0.29, 0.717) is 10.9 Å². The summed E-state index contributed by atoms with van der Waals surface area (Å²) in [6.45, 7) is 2.65. The summed E-state index contributed by atoms with van der Waals surface area (Å²) in [5, 5.41) is 3.43. The molecule has 0 heterocycles. The molecular formula is C14H20N2O2S. The lowest BCUT2D eigenvalue weighted by molar-refractivity contribution is 0.580. The van der Waals surface area contributed by atoms with Crippen molar-refractivity contribution in [3.05, 3.63) is 29.3 Å². The average molecular weight is 280 g/mol. The van der Waals surface area contributed by atoms with Crippen LogP contribution in [-0.2, 0) is 16.6 Å². The van der Waals surface area contributed by atoms with Gasteiger partial charge < -0.3 is 5.32 Å². The van der Waals surface area contributed by atoms with Crippen LogP contribution in [-0.4, -0.2) is 20.5 Å². The molecule has 0 aliphatic heterocycles. The zero-order valence-corrected chi connectivity index (χ0v) is 12.0. The second-order valence-corrected chi connectivity index (χ2v) is 7.27. The molecule has 2 aliphatic rings. The predicted molar refractivity (Wildman–Crippen MR) is 74.4 cm³/mol. The summed E-state index contributed by atoms with van der Waals surface area (Å²) in [5.41, 5.74) is 1.94. The zero-order valence-electron chi connectivity index (χ0n) is 11.1. The molecule has 0 radical (unpaired) electrons. The van der Waals surface area contributed by atoms with Crippen LogP contribution < -0.4 is 10.0 Å². The Morgan fingerprint density at radius 3 is 2.47 bits per heavy atom. The van der Waals surface area contributed by atoms with Gasteiger partial charge in [0.2, 0.25) is 10.0 Å². The molecule has 0 saturated heterocycles. The van der Waals surface area contributed by atoms with Gasteiger partial charge in [-0.25, -0.2) is 13.1 Å². The molecule has 2 N–H and O–H groups in total. The molecule has 0 atom stereocenters. The highest BCUT2D eigenvalue weighted by Crippen LogP contribution is 2.25. The van der Waals surface area contributed by atoms with Crippen molar-refractivity contribution in [3.8, 4) is 0 Å². The Hall–Kier alpha value is -0.910. The molecule has 2 saturated carbocycles. The summed E-state index contributed by atoms with van der Waals surface area (Å²) in [6, 6.07) is 6.31. The topological polar surface area (TPSA) is 58.2 Å². The maximum atomic E-state index is 12.3. The van der Waals surface area contributed by atoms with E-state index in [9.17, 15) is 8.42 Å². The van der Waals surface area contributed by atoms with Crippen LogP contribution in [0, 0.1) is 6.92 Å². The van der Waals surface area contributed by atoms with Crippen molar-refractivity contribution >= 4 is 10.0 Å². The maximum absolute atomic E-state index is 12.3. The third-order valence-electron chi connectivity index (χ3n) is 3.74. The molecule has 104 valence electrons. The SMILES string of the molecule is Cc1c(CNC2CC2)cccc1S(=O)(=O)NC1CC1. The van der Waals surface area contributed by atoms with Crippen LogP contribution >= 0.6 is 0 Å². The van der Waals surface area contributed by atoms with E-state index in [1.165, 1.54) is 12.8 Å². The summed E-state index contributed by atoms with van der Waals surface area (Å²) in [5.74, 6) is 0. The number of nitrogens with one attached hydrogen (secondary N) is 2. The molecule has 0 aromatic heterocycles. The summed E-state index contributed by atoms with van der Waals surface area (Å²) in [7, 11) is -3.35. The van der Waals surface area contributed by atoms with Gasteiger partial charge in [-0.15, -0.1) is 0 Å². The molecule has 5 heteroatoms. The van der Waals surface area contributed by atoms with Gasteiger partial charge >= 0.3 is 0 Å². The normalized spacial score (nSPS) is 19.6. The van der Waals surface area contributed by atoms with Gasteiger partial charge in [-0.2, -0.15) is 0 Å². The fourth-order valence-electron chi connectivity index (χ4n) is 2.17. The largest absolute Gasteiger partial charge is 0.310 e. The number of benzene rings is 1. The predicted octanol–water partition coefficient (Wildman–Crippen LogP) is 1.69. The fourth-order valence-corrected chi connectivity index (χ4v) is 3.76. The summed E-state index contributed by atoms with van der Waals surface area (Å²) >= 11 is 0. The van der Waals surface area contributed by atoms with Crippen LogP contribution in [0.25, 0.3) is 0 Å². The zero-order chi connectivity index (χ0) is 13.5. The Bertz CT molecular complexity index is 575. The van der Waals surface area contributed by atoms with Crippen LogP contribution in [0.2, 0.25) is 0 Å². The van der Waals surface area contributed by atoms with Crippen molar-refractivity contribution in [2.75, 3.05) is 0 Å². The minimum atomic E-state index is -3.35. The third-order valence-corrected chi connectivity index (χ3v) is 5.41. The van der Waals surface area contributed by atoms with E-state index < -0.39 is 10.0 Å². The lowest BCUT2D eigenvalue weighted by atomic mass is 10.1. The minimum Gasteiger partial charge on any atom is -0.310 e. The highest BCUT2D eigenvalue weighted by Gasteiger charge is 2.29. The Balaban J connectivity index is 1.81. The van der Waals surface area contributed by atoms with Crippen LogP contribution in [0.4, 0.5) is 0 Å². The average Bonchev–Trinajstić information content (AvgIpc) is 3.21. The van der Waals surface area contributed by atoms with Gasteiger partial charge in [0.05, 0.1) is 4.90 Å². The van der Waals surface area contributed by atoms with Gasteiger partial charge in [0, 0.05) is 18.6 Å². The van der Waals surface area contributed by atoms with E-state index in [4.69, 9.17) is 0 Å². The number of sulfonamides is 1. The highest BCUT2D eigenvalue weighted by atomic mass is 32.2. The Morgan fingerprint density at radius 1 is 1.16 bits per heavy atom. The van der Waals surface area contributed by atoms with Gasteiger partial charge in [-0.05, 0) is 49.8 Å². The standard InChI is InChI=1S/C14H20N2O2S/c1-10-11(9-15-12-5-6-12)3-2-4-14(10)19(17,18)16-13-7-8-13/h2-4,12-13,15-16H,5-9H2,1H3. The molecule has 2 aliphatic carbocycles. The van der Waals surface area contributed by atoms with Crippen molar-refractivity contribution in [3.63, 3.8) is 0 Å². The van der Waals surface area contributed by atoms with Crippen LogP contribution in [0.15, 0.2) is 23.1 Å². The first-order valence-electron chi connectivity index (χ1n) is 6.90. The molecule has 0 spiro atoms. The molecule has 19 heavy (non-hydrogen) atoms. The molecule has 2 fully saturated rings. The molecule has 0 amide bonds. The lowest BCUT2D eigenvalue weighted by Gasteiger charge is -2.13. The fraction of sp³-hybridized carbons (Fsp3) is 0.571. The summed E-state index contributed by atoms with van der Waals surface area (Å²) < 4.78 is 27.3. The monoisotopic (exact) mass is 280 g/mol. The second kappa shape index (κ2) is 4.89. The molecular weight excluding hydrogens is 260 g/mol. The Labute approximate surface area is 114 Å². The first kappa shape index (κ1) is 13.1. The van der Waals surface area contributed by atoms with Crippen LogP contribution in [0.5, 0.6) is 0 Å². The van der Waals surface area contributed by atoms with Crippen molar-refractivity contribution in [2.45, 2.75) is 56.1 Å². The van der Waals surface area contributed by atoms with E-state index >= 15 is 0 Å². The van der Waals surface area contributed by atoms with Gasteiger partial charge in [-0.1, -0.05) is 12.1 Å². The maximum Gasteiger partial charge on any atom is 0.241 e. The molecule has 0 unspecified atom stereocenters. The van der Waals surface area contributed by atoms with Crippen molar-refractivity contribution < 1.29 is 8.42 Å². The number of hydrogen-bond donors (Lipinski definition) is 2. The van der Waals surface area contributed by atoms with Crippen molar-refractivity contribution in [1.82, 2.24) is 10.0 Å². The highest BCUT2D eigenvalue weighted by molar-refractivity contribution is 7.89. The van der Waals surface area contributed by atoms with Gasteiger partial charge in [0.25, 0.3) is 0 Å². The van der Waals surface area contributed by atoms with E-state index in [0.717, 1.165) is 30.5 Å². The summed E-state index contributed by atoms with van der Waals surface area (Å²) in [6.07, 6.45) is 4.39. The van der Waals surface area contributed by atoms with Gasteiger partial charge in [-0.3, -0.25) is 0 Å². The quantitative estimate of drug-likeness (QED) is 0.833. The van der Waals surface area contributed by atoms with E-state index in [2.05, 4.69) is 10.0 Å². The van der Waals surface area contributed by atoms with Crippen LogP contribution in [0.1, 0.15) is 36.8 Å². The first-order chi connectivity index (χ1) is 9.06. The van der Waals surface area contributed by atoms with Crippen LogP contribution in [0.3, 0.4) is 0 Å². The molecule has 3 rings (SSSR count). The first-order valence-corrected chi connectivity index (χ1v) is 8.39. The Morgan fingerprint density at radius 2 is 1.84 bits per heavy atom. The van der Waals surface area contributed by atoms with E-state index in [-0.39, 0.29) is 6.04 Å². The third kappa shape index (κ3) is 3.16. The molecule has 0 bridgehead atoms. The number of hydrogen-bond acceptors (Lipinski definition) is 3. The molecule has 1 aromatic carbocycles. The Kier molecular flexibility index (Phi) is 3.37. The van der Waals surface area contributed by atoms with Crippen molar-refractivity contribution in [2.24, 2.45) is 0 Å². The molecule has 4 nitrogen and oxygen atoms in total. The smallest absolute Gasteiger partial charge is 0.241 e. The van der Waals surface area contributed by atoms with Gasteiger partial charge in [0.1, 0.15) is 0 Å². The minimum absolute atomic E-state index is 0.151.